The molecule has 126 valence electrons. The number of nitrogens with zero attached hydrogens (tertiary/aromatic N) is 1. The molecule has 2 nitrogen and oxygen atoms in total. The Labute approximate surface area is 142 Å². The van der Waals surface area contributed by atoms with Gasteiger partial charge >= 0.3 is 0 Å². The van der Waals surface area contributed by atoms with Crippen LogP contribution in [0, 0.1) is 0 Å². The van der Waals surface area contributed by atoms with Crippen LogP contribution < -0.4 is 5.32 Å². The normalized spacial score (nSPS) is 12.8. The quantitative estimate of drug-likeness (QED) is 0.526. The lowest BCUT2D eigenvalue weighted by molar-refractivity contribution is 0.213. The summed E-state index contributed by atoms with van der Waals surface area (Å²) in [6, 6.07) is 8.75. The number of halogens is 1. The Kier molecular flexibility index (Phi) is 10.6. The fourth-order valence-corrected chi connectivity index (χ4v) is 3.03. The fourth-order valence-electron chi connectivity index (χ4n) is 2.90. The van der Waals surface area contributed by atoms with E-state index in [0.29, 0.717) is 6.04 Å². The summed E-state index contributed by atoms with van der Waals surface area (Å²) in [5, 5.41) is 4.46. The summed E-state index contributed by atoms with van der Waals surface area (Å²) < 4.78 is 0. The van der Waals surface area contributed by atoms with Crippen molar-refractivity contribution in [2.75, 3.05) is 26.2 Å². The van der Waals surface area contributed by atoms with E-state index in [-0.39, 0.29) is 0 Å². The standard InChI is InChI=1S/C19H33ClN2/c1-4-7-8-9-10-15-21-16-19(22(5-2)6-3)17-11-13-18(20)14-12-17/h11-14,19,21H,4-10,15-16H2,1-3H3. The van der Waals surface area contributed by atoms with Crippen molar-refractivity contribution in [3.8, 4) is 0 Å². The Morgan fingerprint density at radius 1 is 0.955 bits per heavy atom. The molecule has 0 amide bonds. The summed E-state index contributed by atoms with van der Waals surface area (Å²) in [5.41, 5.74) is 1.35. The number of rotatable bonds is 12. The van der Waals surface area contributed by atoms with Crippen LogP contribution in [0.2, 0.25) is 5.02 Å². The van der Waals surface area contributed by atoms with Gasteiger partial charge in [-0.05, 0) is 43.8 Å². The monoisotopic (exact) mass is 324 g/mol. The molecule has 1 rings (SSSR count). The molecule has 0 heterocycles. The highest BCUT2D eigenvalue weighted by Gasteiger charge is 2.17. The Bertz CT molecular complexity index is 374. The average Bonchev–Trinajstić information content (AvgIpc) is 2.54. The molecule has 0 aliphatic carbocycles. The molecule has 0 aromatic heterocycles. The molecule has 1 aromatic carbocycles. The van der Waals surface area contributed by atoms with Gasteiger partial charge in [0.15, 0.2) is 0 Å². The van der Waals surface area contributed by atoms with Gasteiger partial charge in [0.1, 0.15) is 0 Å². The van der Waals surface area contributed by atoms with Gasteiger partial charge in [-0.2, -0.15) is 0 Å². The molecule has 0 fully saturated rings. The van der Waals surface area contributed by atoms with Gasteiger partial charge in [-0.1, -0.05) is 70.2 Å². The molecule has 1 atom stereocenters. The van der Waals surface area contributed by atoms with E-state index < -0.39 is 0 Å². The fraction of sp³-hybridized carbons (Fsp3) is 0.684. The molecule has 1 N–H and O–H groups in total. The second kappa shape index (κ2) is 11.9. The Morgan fingerprint density at radius 3 is 2.18 bits per heavy atom. The lowest BCUT2D eigenvalue weighted by Crippen LogP contribution is -2.36. The molecule has 0 radical (unpaired) electrons. The molecule has 3 heteroatoms. The second-order valence-electron chi connectivity index (χ2n) is 5.91. The number of hydrogen-bond acceptors (Lipinski definition) is 2. The summed E-state index contributed by atoms with van der Waals surface area (Å²) in [5.74, 6) is 0. The average molecular weight is 325 g/mol. The third-order valence-corrected chi connectivity index (χ3v) is 4.55. The van der Waals surface area contributed by atoms with E-state index >= 15 is 0 Å². The van der Waals surface area contributed by atoms with Crippen LogP contribution in [0.4, 0.5) is 0 Å². The summed E-state index contributed by atoms with van der Waals surface area (Å²) in [6.07, 6.45) is 6.68. The van der Waals surface area contributed by atoms with Crippen LogP contribution in [0.25, 0.3) is 0 Å². The molecule has 1 aromatic rings. The van der Waals surface area contributed by atoms with Crippen molar-refractivity contribution >= 4 is 11.6 Å². The van der Waals surface area contributed by atoms with Gasteiger partial charge in [0.2, 0.25) is 0 Å². The first-order chi connectivity index (χ1) is 10.7. The Balaban J connectivity index is 2.47. The van der Waals surface area contributed by atoms with Crippen LogP contribution in [0.3, 0.4) is 0 Å². The predicted molar refractivity (Wildman–Crippen MR) is 98.7 cm³/mol. The summed E-state index contributed by atoms with van der Waals surface area (Å²) in [7, 11) is 0. The first kappa shape index (κ1) is 19.5. The molecule has 0 saturated heterocycles. The lowest BCUT2D eigenvalue weighted by atomic mass is 10.0. The van der Waals surface area contributed by atoms with E-state index in [1.807, 2.05) is 12.1 Å². The maximum Gasteiger partial charge on any atom is 0.0472 e. The number of likely N-dealkylation sites (N-methyl/N-ethyl adjacent to an activating group) is 1. The molecule has 1 unspecified atom stereocenters. The largest absolute Gasteiger partial charge is 0.315 e. The van der Waals surface area contributed by atoms with Crippen molar-refractivity contribution in [3.63, 3.8) is 0 Å². The minimum Gasteiger partial charge on any atom is -0.315 e. The predicted octanol–water partition coefficient (Wildman–Crippen LogP) is 5.28. The first-order valence-electron chi connectivity index (χ1n) is 8.93. The van der Waals surface area contributed by atoms with Crippen molar-refractivity contribution in [2.45, 2.75) is 58.9 Å². The van der Waals surface area contributed by atoms with E-state index in [0.717, 1.165) is 31.2 Å². The summed E-state index contributed by atoms with van der Waals surface area (Å²) in [4.78, 5) is 2.51. The molecular weight excluding hydrogens is 292 g/mol. The van der Waals surface area contributed by atoms with Crippen LogP contribution in [0.1, 0.15) is 64.5 Å². The maximum absolute atomic E-state index is 6.02. The van der Waals surface area contributed by atoms with E-state index in [1.165, 1.54) is 37.7 Å². The molecule has 0 aliphatic rings. The minimum atomic E-state index is 0.433. The van der Waals surface area contributed by atoms with Gasteiger partial charge in [0.05, 0.1) is 0 Å². The van der Waals surface area contributed by atoms with Crippen LogP contribution in [-0.2, 0) is 0 Å². The van der Waals surface area contributed by atoms with Crippen LogP contribution >= 0.6 is 11.6 Å². The smallest absolute Gasteiger partial charge is 0.0472 e. The first-order valence-corrected chi connectivity index (χ1v) is 9.30. The molecule has 0 bridgehead atoms. The number of nitrogens with one attached hydrogen (secondary N) is 1. The maximum atomic E-state index is 6.02. The molecular formula is C19H33ClN2. The van der Waals surface area contributed by atoms with Crippen molar-refractivity contribution < 1.29 is 0 Å². The molecule has 0 saturated carbocycles. The van der Waals surface area contributed by atoms with Crippen LogP contribution in [-0.4, -0.2) is 31.1 Å². The van der Waals surface area contributed by atoms with E-state index in [4.69, 9.17) is 11.6 Å². The topological polar surface area (TPSA) is 15.3 Å². The van der Waals surface area contributed by atoms with Crippen molar-refractivity contribution in [1.29, 1.82) is 0 Å². The highest BCUT2D eigenvalue weighted by molar-refractivity contribution is 6.30. The third-order valence-electron chi connectivity index (χ3n) is 4.30. The van der Waals surface area contributed by atoms with Gasteiger partial charge in [0.25, 0.3) is 0 Å². The minimum absolute atomic E-state index is 0.433. The van der Waals surface area contributed by atoms with Gasteiger partial charge in [-0.15, -0.1) is 0 Å². The highest BCUT2D eigenvalue weighted by Crippen LogP contribution is 2.21. The number of hydrogen-bond donors (Lipinski definition) is 1. The van der Waals surface area contributed by atoms with E-state index in [1.54, 1.807) is 0 Å². The molecule has 22 heavy (non-hydrogen) atoms. The SMILES string of the molecule is CCCCCCCNCC(c1ccc(Cl)cc1)N(CC)CC. The van der Waals surface area contributed by atoms with Crippen molar-refractivity contribution in [2.24, 2.45) is 0 Å². The van der Waals surface area contributed by atoms with Crippen molar-refractivity contribution in [1.82, 2.24) is 10.2 Å². The Morgan fingerprint density at radius 2 is 1.59 bits per heavy atom. The zero-order valence-corrected chi connectivity index (χ0v) is 15.3. The molecule has 0 aliphatic heterocycles. The van der Waals surface area contributed by atoms with E-state index in [2.05, 4.69) is 43.1 Å². The van der Waals surface area contributed by atoms with Crippen LogP contribution in [0.15, 0.2) is 24.3 Å². The lowest BCUT2D eigenvalue weighted by Gasteiger charge is -2.30. The van der Waals surface area contributed by atoms with Crippen molar-refractivity contribution in [3.05, 3.63) is 34.9 Å². The number of benzene rings is 1. The van der Waals surface area contributed by atoms with Gasteiger partial charge < -0.3 is 5.32 Å². The van der Waals surface area contributed by atoms with Gasteiger partial charge in [-0.25, -0.2) is 0 Å². The summed E-state index contributed by atoms with van der Waals surface area (Å²) >= 11 is 6.02. The van der Waals surface area contributed by atoms with Gasteiger partial charge in [-0.3, -0.25) is 4.90 Å². The molecule has 0 spiro atoms. The zero-order valence-electron chi connectivity index (χ0n) is 14.6. The second-order valence-corrected chi connectivity index (χ2v) is 6.34. The highest BCUT2D eigenvalue weighted by atomic mass is 35.5. The number of unbranched alkanes of at least 4 members (excludes halogenated alkanes) is 4. The summed E-state index contributed by atoms with van der Waals surface area (Å²) in [6.45, 7) is 11.0. The third kappa shape index (κ3) is 7.13. The van der Waals surface area contributed by atoms with Gasteiger partial charge in [0, 0.05) is 17.6 Å². The Hall–Kier alpha value is -0.570. The van der Waals surface area contributed by atoms with E-state index in [9.17, 15) is 0 Å². The van der Waals surface area contributed by atoms with Crippen LogP contribution in [0.5, 0.6) is 0 Å². The zero-order chi connectivity index (χ0) is 16.2.